The predicted octanol–water partition coefficient (Wildman–Crippen LogP) is 3.56. The Hall–Kier alpha value is -0.780. The summed E-state index contributed by atoms with van der Waals surface area (Å²) in [5.41, 5.74) is 0. The summed E-state index contributed by atoms with van der Waals surface area (Å²) in [5.74, 6) is -0.400. The van der Waals surface area contributed by atoms with Gasteiger partial charge in [-0.1, -0.05) is 0 Å². The normalized spacial score (nSPS) is 18.2. The fraction of sp³-hybridized carbons (Fsp3) is 0.500. The Morgan fingerprint density at radius 1 is 1.38 bits per heavy atom. The fourth-order valence-corrected chi connectivity index (χ4v) is 1.63. The van der Waals surface area contributed by atoms with Gasteiger partial charge in [0.15, 0.2) is 6.10 Å². The number of pyridine rings is 1. The SMILES string of the molecule is FC(F)(F)C(Oc1ccc(Br)cn1)C1CC1. The second-order valence-electron chi connectivity index (χ2n) is 3.73. The molecule has 0 bridgehead atoms. The molecule has 2 nitrogen and oxygen atoms in total. The minimum Gasteiger partial charge on any atom is -0.464 e. The highest BCUT2D eigenvalue weighted by Crippen LogP contribution is 2.42. The molecule has 1 aromatic rings. The average molecular weight is 296 g/mol. The zero-order valence-electron chi connectivity index (χ0n) is 8.17. The van der Waals surface area contributed by atoms with Gasteiger partial charge in [0, 0.05) is 22.7 Å². The first kappa shape index (κ1) is 11.7. The number of ether oxygens (including phenoxy) is 1. The molecule has 0 amide bonds. The maximum Gasteiger partial charge on any atom is 0.425 e. The van der Waals surface area contributed by atoms with Crippen LogP contribution in [0.3, 0.4) is 0 Å². The standard InChI is InChI=1S/C10H9BrF3NO/c11-7-3-4-8(15-5-7)16-9(6-1-2-6)10(12,13)14/h3-6,9H,1-2H2. The van der Waals surface area contributed by atoms with Gasteiger partial charge >= 0.3 is 6.18 Å². The summed E-state index contributed by atoms with van der Waals surface area (Å²) in [6, 6.07) is 3.02. The summed E-state index contributed by atoms with van der Waals surface area (Å²) in [6.45, 7) is 0. The molecule has 0 N–H and O–H groups in total. The molecule has 1 heterocycles. The minimum atomic E-state index is -4.32. The van der Waals surface area contributed by atoms with Crippen LogP contribution in [0, 0.1) is 5.92 Å². The first-order valence-corrected chi connectivity index (χ1v) is 5.61. The molecule has 1 saturated carbocycles. The van der Waals surface area contributed by atoms with Crippen LogP contribution in [0.2, 0.25) is 0 Å². The van der Waals surface area contributed by atoms with E-state index in [0.29, 0.717) is 17.3 Å². The molecule has 6 heteroatoms. The van der Waals surface area contributed by atoms with E-state index in [0.717, 1.165) is 0 Å². The van der Waals surface area contributed by atoms with Crippen molar-refractivity contribution in [3.63, 3.8) is 0 Å². The van der Waals surface area contributed by atoms with Gasteiger partial charge in [0.1, 0.15) is 0 Å². The monoisotopic (exact) mass is 295 g/mol. The van der Waals surface area contributed by atoms with E-state index in [-0.39, 0.29) is 5.88 Å². The van der Waals surface area contributed by atoms with E-state index in [1.54, 1.807) is 6.07 Å². The lowest BCUT2D eigenvalue weighted by atomic mass is 10.2. The van der Waals surface area contributed by atoms with Crippen molar-refractivity contribution < 1.29 is 17.9 Å². The van der Waals surface area contributed by atoms with Crippen LogP contribution in [0.4, 0.5) is 13.2 Å². The van der Waals surface area contributed by atoms with Gasteiger partial charge in [-0.3, -0.25) is 0 Å². The Balaban J connectivity index is 2.08. The lowest BCUT2D eigenvalue weighted by molar-refractivity contribution is -0.201. The van der Waals surface area contributed by atoms with Gasteiger partial charge in [-0.25, -0.2) is 4.98 Å². The number of nitrogens with zero attached hydrogens (tertiary/aromatic N) is 1. The van der Waals surface area contributed by atoms with Gasteiger partial charge < -0.3 is 4.74 Å². The highest BCUT2D eigenvalue weighted by atomic mass is 79.9. The Bertz CT molecular complexity index is 361. The molecule has 0 aromatic carbocycles. The van der Waals surface area contributed by atoms with E-state index in [2.05, 4.69) is 20.9 Å². The van der Waals surface area contributed by atoms with Crippen LogP contribution in [0.25, 0.3) is 0 Å². The molecule has 0 spiro atoms. The molecule has 1 aliphatic carbocycles. The molecule has 1 aromatic heterocycles. The quantitative estimate of drug-likeness (QED) is 0.850. The van der Waals surface area contributed by atoms with Gasteiger partial charge in [0.2, 0.25) is 5.88 Å². The van der Waals surface area contributed by atoms with Crippen LogP contribution in [-0.4, -0.2) is 17.3 Å². The molecule has 1 aliphatic rings. The summed E-state index contributed by atoms with van der Waals surface area (Å²) in [7, 11) is 0. The average Bonchev–Trinajstić information content (AvgIpc) is 2.98. The first-order chi connectivity index (χ1) is 7.47. The highest BCUT2D eigenvalue weighted by Gasteiger charge is 2.51. The number of rotatable bonds is 3. The van der Waals surface area contributed by atoms with Crippen molar-refractivity contribution in [1.82, 2.24) is 4.98 Å². The summed E-state index contributed by atoms with van der Waals surface area (Å²) in [6.07, 6.45) is -3.49. The first-order valence-electron chi connectivity index (χ1n) is 4.82. The molecular formula is C10H9BrF3NO. The van der Waals surface area contributed by atoms with Crippen molar-refractivity contribution in [3.8, 4) is 5.88 Å². The van der Waals surface area contributed by atoms with Gasteiger partial charge in [-0.05, 0) is 34.8 Å². The molecular weight excluding hydrogens is 287 g/mol. The van der Waals surface area contributed by atoms with Crippen LogP contribution in [0.1, 0.15) is 12.8 Å². The van der Waals surface area contributed by atoms with Crippen LogP contribution < -0.4 is 4.74 Å². The zero-order chi connectivity index (χ0) is 11.8. The largest absolute Gasteiger partial charge is 0.464 e. The molecule has 88 valence electrons. The molecule has 0 saturated heterocycles. The summed E-state index contributed by atoms with van der Waals surface area (Å²) < 4.78 is 43.4. The molecule has 2 rings (SSSR count). The summed E-state index contributed by atoms with van der Waals surface area (Å²) in [4.78, 5) is 3.77. The molecule has 16 heavy (non-hydrogen) atoms. The smallest absolute Gasteiger partial charge is 0.425 e. The van der Waals surface area contributed by atoms with Crippen molar-refractivity contribution in [2.24, 2.45) is 5.92 Å². The van der Waals surface area contributed by atoms with E-state index >= 15 is 0 Å². The van der Waals surface area contributed by atoms with E-state index in [4.69, 9.17) is 4.74 Å². The number of hydrogen-bond donors (Lipinski definition) is 0. The Morgan fingerprint density at radius 3 is 2.50 bits per heavy atom. The van der Waals surface area contributed by atoms with Crippen LogP contribution in [0.5, 0.6) is 5.88 Å². The number of halogens is 4. The van der Waals surface area contributed by atoms with Crippen LogP contribution >= 0.6 is 15.9 Å². The second-order valence-corrected chi connectivity index (χ2v) is 4.65. The maximum atomic E-state index is 12.6. The summed E-state index contributed by atoms with van der Waals surface area (Å²) >= 11 is 3.15. The molecule has 1 atom stereocenters. The molecule has 1 fully saturated rings. The van der Waals surface area contributed by atoms with Crippen molar-refractivity contribution in [2.75, 3.05) is 0 Å². The van der Waals surface area contributed by atoms with Crippen LogP contribution in [-0.2, 0) is 0 Å². The lowest BCUT2D eigenvalue weighted by Gasteiger charge is -2.20. The third-order valence-electron chi connectivity index (χ3n) is 2.32. The topological polar surface area (TPSA) is 22.1 Å². The molecule has 1 unspecified atom stereocenters. The van der Waals surface area contributed by atoms with E-state index in [1.807, 2.05) is 0 Å². The van der Waals surface area contributed by atoms with Gasteiger partial charge in [-0.2, -0.15) is 13.2 Å². The van der Waals surface area contributed by atoms with E-state index in [9.17, 15) is 13.2 Å². The Kier molecular flexibility index (Phi) is 3.10. The third-order valence-corrected chi connectivity index (χ3v) is 2.79. The van der Waals surface area contributed by atoms with Gasteiger partial charge in [0.05, 0.1) is 0 Å². The fourth-order valence-electron chi connectivity index (χ4n) is 1.39. The van der Waals surface area contributed by atoms with E-state index in [1.165, 1.54) is 12.3 Å². The number of alkyl halides is 3. The predicted molar refractivity (Wildman–Crippen MR) is 55.1 cm³/mol. The van der Waals surface area contributed by atoms with Gasteiger partial charge in [0.25, 0.3) is 0 Å². The van der Waals surface area contributed by atoms with Crippen molar-refractivity contribution in [3.05, 3.63) is 22.8 Å². The van der Waals surface area contributed by atoms with E-state index < -0.39 is 18.2 Å². The number of hydrogen-bond acceptors (Lipinski definition) is 2. The highest BCUT2D eigenvalue weighted by molar-refractivity contribution is 9.10. The maximum absolute atomic E-state index is 12.6. The summed E-state index contributed by atoms with van der Waals surface area (Å²) in [5, 5.41) is 0. The molecule has 0 aliphatic heterocycles. The Morgan fingerprint density at radius 2 is 2.06 bits per heavy atom. The zero-order valence-corrected chi connectivity index (χ0v) is 9.75. The Labute approximate surface area is 98.9 Å². The van der Waals surface area contributed by atoms with Crippen molar-refractivity contribution >= 4 is 15.9 Å². The third kappa shape index (κ3) is 2.87. The lowest BCUT2D eigenvalue weighted by Crippen LogP contribution is -2.36. The van der Waals surface area contributed by atoms with Crippen molar-refractivity contribution in [1.29, 1.82) is 0 Å². The molecule has 0 radical (unpaired) electrons. The number of aromatic nitrogens is 1. The van der Waals surface area contributed by atoms with Crippen LogP contribution in [0.15, 0.2) is 22.8 Å². The van der Waals surface area contributed by atoms with Crippen molar-refractivity contribution in [2.45, 2.75) is 25.1 Å². The second kappa shape index (κ2) is 4.24. The van der Waals surface area contributed by atoms with Gasteiger partial charge in [-0.15, -0.1) is 0 Å². The minimum absolute atomic E-state index is 0.0115.